The molecule has 0 saturated heterocycles. The number of anilines is 1. The van der Waals surface area contributed by atoms with E-state index in [-0.39, 0.29) is 6.61 Å². The molecule has 1 rings (SSSR count). The molecule has 0 radical (unpaired) electrons. The summed E-state index contributed by atoms with van der Waals surface area (Å²) in [6, 6.07) is 6.91. The first-order chi connectivity index (χ1) is 9.26. The summed E-state index contributed by atoms with van der Waals surface area (Å²) >= 11 is 0. The van der Waals surface area contributed by atoms with Crippen LogP contribution in [-0.4, -0.2) is 39.6 Å². The lowest BCUT2D eigenvalue weighted by Crippen LogP contribution is -2.17. The molecule has 5 heteroatoms. The number of hydrogen-bond donors (Lipinski definition) is 1. The molecule has 1 N–H and O–H groups in total. The largest absolute Gasteiger partial charge is 0.447 e. The van der Waals surface area contributed by atoms with Gasteiger partial charge in [0.1, 0.15) is 6.61 Å². The van der Waals surface area contributed by atoms with E-state index in [9.17, 15) is 4.79 Å². The second-order valence-electron chi connectivity index (χ2n) is 3.59. The van der Waals surface area contributed by atoms with Crippen LogP contribution in [0.1, 0.15) is 5.56 Å². The zero-order valence-corrected chi connectivity index (χ0v) is 10.8. The average Bonchev–Trinajstić information content (AvgIpc) is 2.43. The van der Waals surface area contributed by atoms with E-state index in [1.807, 2.05) is 0 Å². The van der Waals surface area contributed by atoms with Crippen molar-refractivity contribution >= 4 is 11.8 Å². The molecule has 0 fully saturated rings. The quantitative estimate of drug-likeness (QED) is 0.603. The molecule has 1 aromatic carbocycles. The Kier molecular flexibility index (Phi) is 7.10. The minimum atomic E-state index is -0.524. The molecular weight excluding hydrogens is 246 g/mol. The maximum Gasteiger partial charge on any atom is 0.411 e. The van der Waals surface area contributed by atoms with Gasteiger partial charge in [-0.2, -0.15) is 0 Å². The number of amides is 1. The molecule has 0 unspecified atom stereocenters. The molecule has 0 atom stereocenters. The topological polar surface area (TPSA) is 56.8 Å². The predicted molar refractivity (Wildman–Crippen MR) is 72.0 cm³/mol. The van der Waals surface area contributed by atoms with Gasteiger partial charge in [-0.05, 0) is 24.3 Å². The Bertz CT molecular complexity index is 422. The molecule has 0 spiro atoms. The van der Waals surface area contributed by atoms with Gasteiger partial charge in [0, 0.05) is 18.4 Å². The number of nitrogens with one attached hydrogen (secondary N) is 1. The predicted octanol–water partition coefficient (Wildman–Crippen LogP) is 1.88. The molecule has 0 aliphatic rings. The van der Waals surface area contributed by atoms with E-state index in [0.717, 1.165) is 5.56 Å². The molecular formula is C14H17NO4. The highest BCUT2D eigenvalue weighted by Gasteiger charge is 2.02. The first kappa shape index (κ1) is 15.0. The van der Waals surface area contributed by atoms with Crippen molar-refractivity contribution in [1.82, 2.24) is 0 Å². The highest BCUT2D eigenvalue weighted by molar-refractivity contribution is 5.84. The van der Waals surface area contributed by atoms with Gasteiger partial charge in [0.2, 0.25) is 0 Å². The summed E-state index contributed by atoms with van der Waals surface area (Å²) in [7, 11) is 1.60. The minimum absolute atomic E-state index is 0.192. The van der Waals surface area contributed by atoms with Gasteiger partial charge in [0.15, 0.2) is 0 Å². The number of methoxy groups -OCH3 is 1. The fraction of sp³-hybridized carbons (Fsp3) is 0.357. The molecule has 19 heavy (non-hydrogen) atoms. The van der Waals surface area contributed by atoms with E-state index in [4.69, 9.17) is 20.6 Å². The number of ether oxygens (including phenoxy) is 3. The maximum absolute atomic E-state index is 11.4. The van der Waals surface area contributed by atoms with E-state index >= 15 is 0 Å². The summed E-state index contributed by atoms with van der Waals surface area (Å²) in [5.41, 5.74) is 1.38. The van der Waals surface area contributed by atoms with Crippen molar-refractivity contribution in [3.05, 3.63) is 29.8 Å². The summed E-state index contributed by atoms with van der Waals surface area (Å²) < 4.78 is 14.9. The highest BCUT2D eigenvalue weighted by Crippen LogP contribution is 2.08. The van der Waals surface area contributed by atoms with Crippen LogP contribution in [0, 0.1) is 12.3 Å². The van der Waals surface area contributed by atoms with Gasteiger partial charge >= 0.3 is 6.09 Å². The Morgan fingerprint density at radius 2 is 1.89 bits per heavy atom. The van der Waals surface area contributed by atoms with Gasteiger partial charge in [-0.3, -0.25) is 5.32 Å². The third-order valence-corrected chi connectivity index (χ3v) is 2.19. The fourth-order valence-electron chi connectivity index (χ4n) is 1.24. The first-order valence-corrected chi connectivity index (χ1v) is 5.83. The molecule has 0 heterocycles. The number of rotatable bonds is 7. The third kappa shape index (κ3) is 6.46. The number of carbonyl (C=O) groups is 1. The number of terminal acetylenes is 1. The van der Waals surface area contributed by atoms with E-state index in [1.165, 1.54) is 0 Å². The summed E-state index contributed by atoms with van der Waals surface area (Å²) in [6.45, 7) is 1.54. The van der Waals surface area contributed by atoms with Crippen LogP contribution in [0.4, 0.5) is 10.5 Å². The lowest BCUT2D eigenvalue weighted by atomic mass is 10.2. The summed E-state index contributed by atoms with van der Waals surface area (Å²) in [4.78, 5) is 11.4. The smallest absolute Gasteiger partial charge is 0.411 e. The summed E-state index contributed by atoms with van der Waals surface area (Å²) in [5.74, 6) is 2.50. The monoisotopic (exact) mass is 263 g/mol. The number of benzene rings is 1. The van der Waals surface area contributed by atoms with Gasteiger partial charge in [-0.25, -0.2) is 4.79 Å². The standard InChI is InChI=1S/C14H17NO4/c1-3-12-4-6-13(7-5-12)15-14(16)19-11-10-18-9-8-17-2/h1,4-7H,8-11H2,2H3,(H,15,16). The van der Waals surface area contributed by atoms with Crippen LogP contribution in [0.2, 0.25) is 0 Å². The van der Waals surface area contributed by atoms with Crippen molar-refractivity contribution in [3.8, 4) is 12.3 Å². The minimum Gasteiger partial charge on any atom is -0.447 e. The normalized spacial score (nSPS) is 9.68. The Labute approximate surface area is 112 Å². The van der Waals surface area contributed by atoms with E-state index in [0.29, 0.717) is 25.5 Å². The number of carbonyl (C=O) groups excluding carboxylic acids is 1. The molecule has 0 aromatic heterocycles. The van der Waals surface area contributed by atoms with Crippen molar-refractivity contribution in [2.75, 3.05) is 38.9 Å². The van der Waals surface area contributed by atoms with Crippen LogP contribution >= 0.6 is 0 Å². The van der Waals surface area contributed by atoms with Crippen LogP contribution in [0.15, 0.2) is 24.3 Å². The Morgan fingerprint density at radius 1 is 1.21 bits per heavy atom. The van der Waals surface area contributed by atoms with Gasteiger partial charge < -0.3 is 14.2 Å². The van der Waals surface area contributed by atoms with Gasteiger partial charge in [-0.1, -0.05) is 5.92 Å². The second kappa shape index (κ2) is 8.97. The van der Waals surface area contributed by atoms with Crippen LogP contribution in [0.3, 0.4) is 0 Å². The van der Waals surface area contributed by atoms with Crippen molar-refractivity contribution in [2.24, 2.45) is 0 Å². The van der Waals surface area contributed by atoms with Crippen molar-refractivity contribution in [1.29, 1.82) is 0 Å². The Hall–Kier alpha value is -2.03. The lowest BCUT2D eigenvalue weighted by Gasteiger charge is -2.07. The zero-order valence-electron chi connectivity index (χ0n) is 10.8. The van der Waals surface area contributed by atoms with Crippen LogP contribution < -0.4 is 5.32 Å². The van der Waals surface area contributed by atoms with Gasteiger partial charge in [0.25, 0.3) is 0 Å². The highest BCUT2D eigenvalue weighted by atomic mass is 16.6. The molecule has 5 nitrogen and oxygen atoms in total. The zero-order chi connectivity index (χ0) is 13.9. The van der Waals surface area contributed by atoms with Gasteiger partial charge in [0.05, 0.1) is 19.8 Å². The Morgan fingerprint density at radius 3 is 2.53 bits per heavy atom. The van der Waals surface area contributed by atoms with E-state index in [1.54, 1.807) is 31.4 Å². The molecule has 0 bridgehead atoms. The third-order valence-electron chi connectivity index (χ3n) is 2.19. The lowest BCUT2D eigenvalue weighted by molar-refractivity contribution is 0.0447. The molecule has 102 valence electrons. The summed E-state index contributed by atoms with van der Waals surface area (Å²) in [5, 5.41) is 2.59. The van der Waals surface area contributed by atoms with Crippen LogP contribution in [0.25, 0.3) is 0 Å². The summed E-state index contributed by atoms with van der Waals surface area (Å²) in [6.07, 6.45) is 4.71. The van der Waals surface area contributed by atoms with Gasteiger partial charge in [-0.15, -0.1) is 6.42 Å². The molecule has 1 amide bonds. The molecule has 0 aliphatic carbocycles. The van der Waals surface area contributed by atoms with Crippen molar-refractivity contribution in [3.63, 3.8) is 0 Å². The van der Waals surface area contributed by atoms with Crippen LogP contribution in [0.5, 0.6) is 0 Å². The average molecular weight is 263 g/mol. The molecule has 0 saturated carbocycles. The molecule has 1 aromatic rings. The van der Waals surface area contributed by atoms with Crippen molar-refractivity contribution in [2.45, 2.75) is 0 Å². The van der Waals surface area contributed by atoms with Crippen LogP contribution in [-0.2, 0) is 14.2 Å². The Balaban J connectivity index is 2.18. The fourth-order valence-corrected chi connectivity index (χ4v) is 1.24. The molecule has 0 aliphatic heterocycles. The van der Waals surface area contributed by atoms with E-state index < -0.39 is 6.09 Å². The second-order valence-corrected chi connectivity index (χ2v) is 3.59. The van der Waals surface area contributed by atoms with Crippen molar-refractivity contribution < 1.29 is 19.0 Å². The maximum atomic E-state index is 11.4. The number of hydrogen-bond acceptors (Lipinski definition) is 4. The first-order valence-electron chi connectivity index (χ1n) is 5.83. The van der Waals surface area contributed by atoms with E-state index in [2.05, 4.69) is 11.2 Å². The SMILES string of the molecule is C#Cc1ccc(NC(=O)OCCOCCOC)cc1.